The lowest BCUT2D eigenvalue weighted by Crippen LogP contribution is -2.15. The van der Waals surface area contributed by atoms with Crippen LogP contribution in [0.5, 0.6) is 0 Å². The molecule has 186 valence electrons. The van der Waals surface area contributed by atoms with Gasteiger partial charge in [0.15, 0.2) is 9.84 Å². The third kappa shape index (κ3) is 7.02. The quantitative estimate of drug-likeness (QED) is 0.291. The van der Waals surface area contributed by atoms with Crippen molar-refractivity contribution >= 4 is 53.4 Å². The minimum atomic E-state index is -4.87. The average molecular weight is 538 g/mol. The summed E-state index contributed by atoms with van der Waals surface area (Å²) in [6, 6.07) is 6.52. The molecule has 34 heavy (non-hydrogen) atoms. The van der Waals surface area contributed by atoms with E-state index in [0.29, 0.717) is 0 Å². The van der Waals surface area contributed by atoms with Crippen LogP contribution in [0.2, 0.25) is 0 Å². The van der Waals surface area contributed by atoms with Gasteiger partial charge in [-0.1, -0.05) is 6.07 Å². The van der Waals surface area contributed by atoms with E-state index in [0.717, 1.165) is 24.3 Å². The highest BCUT2D eigenvalue weighted by atomic mass is 32.3. The van der Waals surface area contributed by atoms with Crippen LogP contribution in [-0.4, -0.2) is 71.9 Å². The van der Waals surface area contributed by atoms with Crippen LogP contribution in [0.15, 0.2) is 56.4 Å². The summed E-state index contributed by atoms with van der Waals surface area (Å²) in [4.78, 5) is 11.9. The molecule has 0 unspecified atom stereocenters. The van der Waals surface area contributed by atoms with Crippen molar-refractivity contribution in [3.63, 3.8) is 0 Å². The van der Waals surface area contributed by atoms with Gasteiger partial charge in [-0.3, -0.25) is 9.11 Å². The summed E-state index contributed by atoms with van der Waals surface area (Å²) in [7, 11) is -10.7. The van der Waals surface area contributed by atoms with E-state index in [9.17, 15) is 39.7 Å². The van der Waals surface area contributed by atoms with Gasteiger partial charge in [0.05, 0.1) is 28.5 Å². The third-order valence-corrected chi connectivity index (χ3v) is 7.16. The minimum absolute atomic E-state index is 0.196. The number of nitrogens with zero attached hydrogens (tertiary/aromatic N) is 3. The molecule has 0 amide bonds. The number of carboxylic acids is 1. The molecule has 0 aromatic heterocycles. The molecule has 0 saturated heterocycles. The van der Waals surface area contributed by atoms with Crippen LogP contribution in [0.25, 0.3) is 0 Å². The van der Waals surface area contributed by atoms with Crippen molar-refractivity contribution in [3.05, 3.63) is 42.0 Å². The number of aromatic carboxylic acids is 1. The van der Waals surface area contributed by atoms with E-state index in [4.69, 9.17) is 4.55 Å². The first-order valence-corrected chi connectivity index (χ1v) is 13.4. The average Bonchev–Trinajstić information content (AvgIpc) is 2.69. The van der Waals surface area contributed by atoms with E-state index in [-0.39, 0.29) is 11.4 Å². The van der Waals surface area contributed by atoms with Gasteiger partial charge in [0.2, 0.25) is 0 Å². The van der Waals surface area contributed by atoms with Gasteiger partial charge in [0, 0.05) is 14.1 Å². The zero-order valence-electron chi connectivity index (χ0n) is 17.6. The standard InChI is InChI=1S/C17H19N3O11S3/c1-20(2)14-4-3-5-15(33(25,26)27)16(14)19-18-13-10-11(6-7-12(13)17(21)22)32(23,24)9-8-31-34(28,29)30/h3-7,10H,8-9H2,1-2H3,(H,21,22)(H,25,26,27)(H,28,29,30). The predicted molar refractivity (Wildman–Crippen MR) is 118 cm³/mol. The molecular formula is C17H19N3O11S3. The predicted octanol–water partition coefficient (Wildman–Crippen LogP) is 1.71. The molecule has 2 aromatic rings. The number of azo groups is 1. The Morgan fingerprint density at radius 3 is 2.18 bits per heavy atom. The van der Waals surface area contributed by atoms with Crippen molar-refractivity contribution in [1.29, 1.82) is 0 Å². The molecule has 14 nitrogen and oxygen atoms in total. The number of carbonyl (C=O) groups is 1. The highest BCUT2D eigenvalue weighted by Crippen LogP contribution is 2.36. The fraction of sp³-hybridized carbons (Fsp3) is 0.235. The normalized spacial score (nSPS) is 12.7. The van der Waals surface area contributed by atoms with Gasteiger partial charge in [-0.25, -0.2) is 17.4 Å². The fourth-order valence-electron chi connectivity index (χ4n) is 2.62. The molecule has 0 spiro atoms. The summed E-state index contributed by atoms with van der Waals surface area (Å²) in [5.74, 6) is -2.38. The van der Waals surface area contributed by atoms with E-state index in [1.807, 2.05) is 0 Å². The zero-order chi connectivity index (χ0) is 25.9. The molecule has 2 rings (SSSR count). The number of benzene rings is 2. The lowest BCUT2D eigenvalue weighted by Gasteiger charge is -2.16. The Labute approximate surface area is 195 Å². The Hall–Kier alpha value is -2.96. The first-order valence-electron chi connectivity index (χ1n) is 8.94. The fourth-order valence-corrected chi connectivity index (χ4v) is 4.76. The number of hydrogen-bond acceptors (Lipinski definition) is 11. The van der Waals surface area contributed by atoms with Gasteiger partial charge >= 0.3 is 16.4 Å². The highest BCUT2D eigenvalue weighted by molar-refractivity contribution is 7.91. The van der Waals surface area contributed by atoms with Gasteiger partial charge in [-0.2, -0.15) is 16.8 Å². The number of carboxylic acid groups (broad SMARTS) is 1. The maximum atomic E-state index is 12.5. The molecule has 17 heteroatoms. The Morgan fingerprint density at radius 1 is 1.00 bits per heavy atom. The van der Waals surface area contributed by atoms with Crippen LogP contribution >= 0.6 is 0 Å². The Morgan fingerprint density at radius 2 is 1.65 bits per heavy atom. The Balaban J connectivity index is 2.60. The molecule has 0 atom stereocenters. The van der Waals surface area contributed by atoms with Gasteiger partial charge in [-0.15, -0.1) is 10.2 Å². The van der Waals surface area contributed by atoms with Gasteiger partial charge in [0.1, 0.15) is 16.3 Å². The summed E-state index contributed by atoms with van der Waals surface area (Å²) in [6.07, 6.45) is 0. The lowest BCUT2D eigenvalue weighted by molar-refractivity contribution is 0.0697. The van der Waals surface area contributed by atoms with Crippen molar-refractivity contribution in [2.45, 2.75) is 9.79 Å². The second-order valence-corrected chi connectivity index (χ2v) is 11.3. The topological polar surface area (TPSA) is 217 Å². The van der Waals surface area contributed by atoms with Crippen LogP contribution in [0, 0.1) is 0 Å². The molecule has 3 N–H and O–H groups in total. The van der Waals surface area contributed by atoms with Crippen LogP contribution in [0.1, 0.15) is 10.4 Å². The van der Waals surface area contributed by atoms with Crippen molar-refractivity contribution in [1.82, 2.24) is 0 Å². The van der Waals surface area contributed by atoms with Crippen molar-refractivity contribution in [2.24, 2.45) is 10.2 Å². The van der Waals surface area contributed by atoms with Crippen molar-refractivity contribution in [3.8, 4) is 0 Å². The number of rotatable bonds is 10. The highest BCUT2D eigenvalue weighted by Gasteiger charge is 2.22. The molecular weight excluding hydrogens is 518 g/mol. The molecule has 0 aliphatic carbocycles. The molecule has 0 aliphatic rings. The maximum absolute atomic E-state index is 12.5. The van der Waals surface area contributed by atoms with Crippen molar-refractivity contribution in [2.75, 3.05) is 31.4 Å². The SMILES string of the molecule is CN(C)c1cccc(S(=O)(=O)O)c1N=Nc1cc(S(=O)(=O)CCOS(=O)(=O)O)ccc1C(=O)O. The minimum Gasteiger partial charge on any atom is -0.478 e. The monoisotopic (exact) mass is 537 g/mol. The molecule has 0 radical (unpaired) electrons. The van der Waals surface area contributed by atoms with Gasteiger partial charge in [-0.05, 0) is 30.3 Å². The summed E-state index contributed by atoms with van der Waals surface area (Å²) < 4.78 is 91.7. The van der Waals surface area contributed by atoms with Crippen LogP contribution in [0.4, 0.5) is 17.1 Å². The first-order chi connectivity index (χ1) is 15.5. The molecule has 2 aromatic carbocycles. The van der Waals surface area contributed by atoms with E-state index < -0.39 is 69.7 Å². The van der Waals surface area contributed by atoms with Crippen LogP contribution < -0.4 is 4.90 Å². The summed E-state index contributed by atoms with van der Waals surface area (Å²) >= 11 is 0. The molecule has 0 aliphatic heterocycles. The second-order valence-electron chi connectivity index (χ2n) is 6.75. The Kier molecular flexibility index (Phi) is 8.12. The first kappa shape index (κ1) is 27.3. The molecule has 0 saturated carbocycles. The van der Waals surface area contributed by atoms with E-state index in [1.165, 1.54) is 17.0 Å². The maximum Gasteiger partial charge on any atom is 0.397 e. The Bertz CT molecular complexity index is 1450. The number of hydrogen-bond donors (Lipinski definition) is 3. The largest absolute Gasteiger partial charge is 0.478 e. The van der Waals surface area contributed by atoms with Crippen LogP contribution in [-0.2, 0) is 34.5 Å². The summed E-state index contributed by atoms with van der Waals surface area (Å²) in [5.41, 5.74) is -1.09. The second kappa shape index (κ2) is 10.1. The van der Waals surface area contributed by atoms with Gasteiger partial charge in [0.25, 0.3) is 10.1 Å². The molecule has 0 bridgehead atoms. The van der Waals surface area contributed by atoms with Crippen LogP contribution in [0.3, 0.4) is 0 Å². The summed E-state index contributed by atoms with van der Waals surface area (Å²) in [6.45, 7) is -0.910. The number of sulfone groups is 1. The molecule has 0 fully saturated rings. The zero-order valence-corrected chi connectivity index (χ0v) is 20.0. The van der Waals surface area contributed by atoms with Gasteiger partial charge < -0.3 is 10.0 Å². The van der Waals surface area contributed by atoms with E-state index >= 15 is 0 Å². The molecule has 0 heterocycles. The van der Waals surface area contributed by atoms with Crippen molar-refractivity contribution < 1.29 is 48.4 Å². The number of anilines is 1. The van der Waals surface area contributed by atoms with E-state index in [2.05, 4.69) is 14.4 Å². The smallest absolute Gasteiger partial charge is 0.397 e. The third-order valence-electron chi connectivity index (χ3n) is 4.14. The van der Waals surface area contributed by atoms with E-state index in [1.54, 1.807) is 14.1 Å². The summed E-state index contributed by atoms with van der Waals surface area (Å²) in [5, 5.41) is 16.9. The lowest BCUT2D eigenvalue weighted by atomic mass is 10.2.